The van der Waals surface area contributed by atoms with Gasteiger partial charge in [-0.25, -0.2) is 0 Å². The first-order chi connectivity index (χ1) is 7.51. The summed E-state index contributed by atoms with van der Waals surface area (Å²) in [6.07, 6.45) is -0.419. The molecule has 0 saturated heterocycles. The molecule has 0 aliphatic heterocycles. The van der Waals surface area contributed by atoms with Gasteiger partial charge >= 0.3 is 0 Å². The highest BCUT2D eigenvalue weighted by Crippen LogP contribution is 2.28. The predicted molar refractivity (Wildman–Crippen MR) is 65.9 cm³/mol. The number of methoxy groups -OCH3 is 1. The van der Waals surface area contributed by atoms with Gasteiger partial charge in [-0.1, -0.05) is 12.1 Å². The number of ether oxygens (including phenoxy) is 1. The van der Waals surface area contributed by atoms with Gasteiger partial charge in [-0.3, -0.25) is 0 Å². The molecule has 0 heterocycles. The van der Waals surface area contributed by atoms with E-state index in [0.29, 0.717) is 0 Å². The Bertz CT molecular complexity index is 338. The van der Waals surface area contributed by atoms with Gasteiger partial charge in [-0.15, -0.1) is 0 Å². The summed E-state index contributed by atoms with van der Waals surface area (Å²) >= 11 is 0. The Balaban J connectivity index is 3.16. The molecule has 0 radical (unpaired) electrons. The second kappa shape index (κ2) is 5.32. The second-order valence-corrected chi connectivity index (χ2v) is 4.19. The maximum atomic E-state index is 9.68. The molecule has 0 aromatic heterocycles. The average molecular weight is 223 g/mol. The Morgan fingerprint density at radius 3 is 2.06 bits per heavy atom. The SMILES string of the molecule is CNC(c1cc(C)c(OC)c(C)c1)C(C)O. The first-order valence-corrected chi connectivity index (χ1v) is 5.51. The molecule has 0 amide bonds. The molecule has 1 aromatic rings. The van der Waals surface area contributed by atoms with Gasteiger partial charge in [-0.05, 0) is 44.5 Å². The largest absolute Gasteiger partial charge is 0.496 e. The van der Waals surface area contributed by atoms with Gasteiger partial charge in [0.1, 0.15) is 5.75 Å². The normalized spacial score (nSPS) is 14.6. The highest BCUT2D eigenvalue weighted by atomic mass is 16.5. The van der Waals surface area contributed by atoms with Crippen LogP contribution in [0.3, 0.4) is 0 Å². The Morgan fingerprint density at radius 2 is 1.75 bits per heavy atom. The zero-order chi connectivity index (χ0) is 12.3. The number of aliphatic hydroxyl groups is 1. The Kier molecular flexibility index (Phi) is 4.33. The fourth-order valence-electron chi connectivity index (χ4n) is 2.17. The van der Waals surface area contributed by atoms with E-state index in [0.717, 1.165) is 22.4 Å². The summed E-state index contributed by atoms with van der Waals surface area (Å²) in [4.78, 5) is 0. The lowest BCUT2D eigenvalue weighted by atomic mass is 9.97. The van der Waals surface area contributed by atoms with E-state index >= 15 is 0 Å². The van der Waals surface area contributed by atoms with Crippen molar-refractivity contribution in [3.63, 3.8) is 0 Å². The summed E-state index contributed by atoms with van der Waals surface area (Å²) in [6.45, 7) is 5.82. The summed E-state index contributed by atoms with van der Waals surface area (Å²) in [5.74, 6) is 0.921. The molecule has 0 bridgehead atoms. The van der Waals surface area contributed by atoms with Crippen molar-refractivity contribution in [3.05, 3.63) is 28.8 Å². The van der Waals surface area contributed by atoms with Crippen LogP contribution in [0.1, 0.15) is 29.7 Å². The van der Waals surface area contributed by atoms with Crippen LogP contribution >= 0.6 is 0 Å². The summed E-state index contributed by atoms with van der Waals surface area (Å²) < 4.78 is 5.32. The number of likely N-dealkylation sites (N-methyl/N-ethyl adjacent to an activating group) is 1. The molecule has 3 nitrogen and oxygen atoms in total. The molecule has 2 atom stereocenters. The van der Waals surface area contributed by atoms with Crippen molar-refractivity contribution in [2.24, 2.45) is 0 Å². The van der Waals surface area contributed by atoms with Gasteiger partial charge in [0.15, 0.2) is 0 Å². The minimum atomic E-state index is -0.419. The van der Waals surface area contributed by atoms with Gasteiger partial charge < -0.3 is 15.2 Å². The molecule has 0 spiro atoms. The maximum absolute atomic E-state index is 9.68. The third kappa shape index (κ3) is 2.54. The van der Waals surface area contributed by atoms with Gasteiger partial charge in [0.25, 0.3) is 0 Å². The van der Waals surface area contributed by atoms with Crippen LogP contribution in [0.5, 0.6) is 5.75 Å². The fraction of sp³-hybridized carbons (Fsp3) is 0.538. The van der Waals surface area contributed by atoms with E-state index in [9.17, 15) is 5.11 Å². The van der Waals surface area contributed by atoms with Crippen molar-refractivity contribution in [2.75, 3.05) is 14.2 Å². The van der Waals surface area contributed by atoms with Gasteiger partial charge in [-0.2, -0.15) is 0 Å². The number of nitrogens with one attached hydrogen (secondary N) is 1. The Hall–Kier alpha value is -1.06. The van der Waals surface area contributed by atoms with Crippen molar-refractivity contribution in [1.82, 2.24) is 5.32 Å². The van der Waals surface area contributed by atoms with E-state index in [1.54, 1.807) is 14.0 Å². The maximum Gasteiger partial charge on any atom is 0.124 e. The molecule has 0 aliphatic carbocycles. The quantitative estimate of drug-likeness (QED) is 0.820. The summed E-state index contributed by atoms with van der Waals surface area (Å²) in [6, 6.07) is 4.07. The number of benzene rings is 1. The topological polar surface area (TPSA) is 41.5 Å². The highest BCUT2D eigenvalue weighted by molar-refractivity contribution is 5.44. The van der Waals surface area contributed by atoms with Crippen LogP contribution in [0.15, 0.2) is 12.1 Å². The highest BCUT2D eigenvalue weighted by Gasteiger charge is 2.17. The molecule has 16 heavy (non-hydrogen) atoms. The third-order valence-corrected chi connectivity index (χ3v) is 2.84. The average Bonchev–Trinajstić information content (AvgIpc) is 2.17. The number of aliphatic hydroxyl groups excluding tert-OH is 1. The monoisotopic (exact) mass is 223 g/mol. The van der Waals surface area contributed by atoms with Crippen molar-refractivity contribution in [2.45, 2.75) is 32.9 Å². The number of aryl methyl sites for hydroxylation is 2. The second-order valence-electron chi connectivity index (χ2n) is 4.19. The molecular weight excluding hydrogens is 202 g/mol. The molecular formula is C13H21NO2. The van der Waals surface area contributed by atoms with Crippen LogP contribution in [0.2, 0.25) is 0 Å². The smallest absolute Gasteiger partial charge is 0.124 e. The molecule has 0 aliphatic rings. The minimum absolute atomic E-state index is 0.0386. The van der Waals surface area contributed by atoms with E-state index < -0.39 is 6.10 Å². The fourth-order valence-corrected chi connectivity index (χ4v) is 2.17. The number of hydrogen-bond acceptors (Lipinski definition) is 3. The van der Waals surface area contributed by atoms with Crippen LogP contribution in [0.4, 0.5) is 0 Å². The number of rotatable bonds is 4. The van der Waals surface area contributed by atoms with Crippen LogP contribution in [-0.2, 0) is 0 Å². The standard InChI is InChI=1S/C13H21NO2/c1-8-6-11(12(14-4)10(3)15)7-9(2)13(8)16-5/h6-7,10,12,14-15H,1-5H3. The third-order valence-electron chi connectivity index (χ3n) is 2.84. The summed E-state index contributed by atoms with van der Waals surface area (Å²) in [7, 11) is 3.53. The molecule has 0 fully saturated rings. The first kappa shape index (κ1) is 13.0. The summed E-state index contributed by atoms with van der Waals surface area (Å²) in [5, 5.41) is 12.8. The van der Waals surface area contributed by atoms with Crippen LogP contribution in [0.25, 0.3) is 0 Å². The van der Waals surface area contributed by atoms with E-state index in [1.807, 2.05) is 20.9 Å². The van der Waals surface area contributed by atoms with E-state index in [4.69, 9.17) is 4.74 Å². The molecule has 2 unspecified atom stereocenters. The van der Waals surface area contributed by atoms with Crippen LogP contribution < -0.4 is 10.1 Å². The Labute approximate surface area is 97.4 Å². The molecule has 2 N–H and O–H groups in total. The van der Waals surface area contributed by atoms with Gasteiger partial charge in [0.2, 0.25) is 0 Å². The van der Waals surface area contributed by atoms with Gasteiger partial charge in [0.05, 0.1) is 19.3 Å². The molecule has 0 saturated carbocycles. The van der Waals surface area contributed by atoms with Crippen molar-refractivity contribution >= 4 is 0 Å². The lowest BCUT2D eigenvalue weighted by Crippen LogP contribution is -2.27. The zero-order valence-electron chi connectivity index (χ0n) is 10.7. The predicted octanol–water partition coefficient (Wildman–Crippen LogP) is 1.95. The van der Waals surface area contributed by atoms with E-state index in [-0.39, 0.29) is 6.04 Å². The molecule has 1 rings (SSSR count). The van der Waals surface area contributed by atoms with Crippen LogP contribution in [0, 0.1) is 13.8 Å². The first-order valence-electron chi connectivity index (χ1n) is 5.51. The van der Waals surface area contributed by atoms with Crippen molar-refractivity contribution < 1.29 is 9.84 Å². The zero-order valence-corrected chi connectivity index (χ0v) is 10.7. The van der Waals surface area contributed by atoms with Crippen molar-refractivity contribution in [1.29, 1.82) is 0 Å². The minimum Gasteiger partial charge on any atom is -0.496 e. The molecule has 3 heteroatoms. The number of hydrogen-bond donors (Lipinski definition) is 2. The van der Waals surface area contributed by atoms with Crippen molar-refractivity contribution in [3.8, 4) is 5.75 Å². The Morgan fingerprint density at radius 1 is 1.25 bits per heavy atom. The lowest BCUT2D eigenvalue weighted by molar-refractivity contribution is 0.150. The van der Waals surface area contributed by atoms with Crippen LogP contribution in [-0.4, -0.2) is 25.4 Å². The van der Waals surface area contributed by atoms with E-state index in [1.165, 1.54) is 0 Å². The van der Waals surface area contributed by atoms with E-state index in [2.05, 4.69) is 17.4 Å². The summed E-state index contributed by atoms with van der Waals surface area (Å²) in [5.41, 5.74) is 3.28. The molecule has 1 aromatic carbocycles. The lowest BCUT2D eigenvalue weighted by Gasteiger charge is -2.21. The van der Waals surface area contributed by atoms with Gasteiger partial charge in [0, 0.05) is 0 Å². The molecule has 90 valence electrons.